The van der Waals surface area contributed by atoms with Gasteiger partial charge in [0.2, 0.25) is 5.78 Å². The molecule has 52 heavy (non-hydrogen) atoms. The lowest BCUT2D eigenvalue weighted by atomic mass is 10.0. The van der Waals surface area contributed by atoms with Gasteiger partial charge >= 0.3 is 0 Å². The van der Waals surface area contributed by atoms with Crippen molar-refractivity contribution in [2.45, 2.75) is 31.9 Å². The summed E-state index contributed by atoms with van der Waals surface area (Å²) in [6.07, 6.45) is 2.90. The lowest BCUT2D eigenvalue weighted by Gasteiger charge is -2.41. The number of sulfone groups is 1. The van der Waals surface area contributed by atoms with E-state index in [1.165, 1.54) is 16.9 Å². The number of anilines is 1. The fourth-order valence-electron chi connectivity index (χ4n) is 6.97. The number of aromatic nitrogens is 3. The highest BCUT2D eigenvalue weighted by atomic mass is 35.5. The minimum absolute atomic E-state index is 0.0685. The maximum absolute atomic E-state index is 14.2. The number of hydrogen-bond donors (Lipinski definition) is 2. The van der Waals surface area contributed by atoms with Gasteiger partial charge in [0, 0.05) is 46.2 Å². The first-order chi connectivity index (χ1) is 25.0. The van der Waals surface area contributed by atoms with Crippen molar-refractivity contribution in [1.82, 2.24) is 19.7 Å². The summed E-state index contributed by atoms with van der Waals surface area (Å²) in [5.74, 6) is 1.07. The number of likely N-dealkylation sites (tertiary alicyclic amines) is 1. The number of benzene rings is 4. The van der Waals surface area contributed by atoms with Gasteiger partial charge in [-0.3, -0.25) is 9.69 Å². The number of carbonyl (C=O) groups excluding carboxylic acids is 1. The van der Waals surface area contributed by atoms with Gasteiger partial charge in [0.15, 0.2) is 21.4 Å². The van der Waals surface area contributed by atoms with Gasteiger partial charge in [-0.25, -0.2) is 17.5 Å². The number of halogens is 2. The maximum Gasteiger partial charge on any atom is 0.214 e. The topological polar surface area (TPSA) is 133 Å². The molecule has 0 spiro atoms. The Balaban J connectivity index is 1.05. The molecular weight excluding hydrogens is 705 g/mol. The molecule has 3 N–H and O–H groups in total. The molecule has 0 bridgehead atoms. The Hall–Kier alpha value is -5.17. The highest BCUT2D eigenvalue weighted by molar-refractivity contribution is 7.92. The van der Waals surface area contributed by atoms with Gasteiger partial charge in [-0.05, 0) is 79.9 Å². The molecule has 2 saturated heterocycles. The number of ether oxygens (including phenoxy) is 2. The number of carbonyl (C=O) groups is 1. The van der Waals surface area contributed by atoms with Crippen LogP contribution >= 0.6 is 11.6 Å². The molecule has 266 valence electrons. The lowest BCUT2D eigenvalue weighted by molar-refractivity contribution is 0.0828. The fourth-order valence-corrected chi connectivity index (χ4v) is 8.70. The lowest BCUT2D eigenvalue weighted by Crippen LogP contribution is -2.56. The van der Waals surface area contributed by atoms with Gasteiger partial charge in [0.1, 0.15) is 23.4 Å². The van der Waals surface area contributed by atoms with Crippen molar-refractivity contribution in [2.24, 2.45) is 0 Å². The van der Waals surface area contributed by atoms with E-state index in [1.54, 1.807) is 42.5 Å². The van der Waals surface area contributed by atoms with Gasteiger partial charge < -0.3 is 20.2 Å². The molecule has 13 heteroatoms. The monoisotopic (exact) mass is 739 g/mol. The average Bonchev–Trinajstić information content (AvgIpc) is 3.72. The largest absolute Gasteiger partial charge is 0.490 e. The maximum atomic E-state index is 14.2. The van der Waals surface area contributed by atoms with Gasteiger partial charge in [-0.2, -0.15) is 5.10 Å². The molecule has 0 saturated carbocycles. The molecular formula is C39H35ClFN5O5S. The van der Waals surface area contributed by atoms with Gasteiger partial charge in [0.25, 0.3) is 0 Å². The first-order valence-electron chi connectivity index (χ1n) is 17.0. The predicted molar refractivity (Wildman–Crippen MR) is 199 cm³/mol. The number of aryl methyl sites for hydroxylation is 1. The molecule has 2 fully saturated rings. The number of fused-ring (bicyclic) bond motifs is 1. The third kappa shape index (κ3) is 6.53. The molecule has 2 aliphatic heterocycles. The van der Waals surface area contributed by atoms with Crippen molar-refractivity contribution in [3.63, 3.8) is 0 Å². The quantitative estimate of drug-likeness (QED) is 0.147. The third-order valence-electron chi connectivity index (χ3n) is 9.82. The van der Waals surface area contributed by atoms with Crippen molar-refractivity contribution >= 4 is 43.9 Å². The van der Waals surface area contributed by atoms with Crippen molar-refractivity contribution in [3.8, 4) is 34.1 Å². The highest BCUT2D eigenvalue weighted by Gasteiger charge is 2.39. The van der Waals surface area contributed by atoms with Crippen LogP contribution in [0.5, 0.6) is 17.2 Å². The van der Waals surface area contributed by atoms with E-state index in [0.29, 0.717) is 27.9 Å². The summed E-state index contributed by atoms with van der Waals surface area (Å²) in [6.45, 7) is 3.35. The standard InChI is InChI=1S/C39H35ClFN5O5S/c1-23-16-25(10-11-35(23)51-36-9-5-4-8-32(36)41)46-39(42)30(20-43-46)38(47)34-17-24-18-37(29(19-33(24)44-34)28-6-2-3-7-31(28)40)50-27-12-14-45(15-13-27)26-21-52(48,49)22-26/h2-11,16-20,26-27,44H,12-15,21-22,42H2,1H3. The molecule has 2 aliphatic rings. The van der Waals surface area contributed by atoms with Crippen molar-refractivity contribution in [2.75, 3.05) is 30.3 Å². The molecule has 8 rings (SSSR count). The van der Waals surface area contributed by atoms with Crippen LogP contribution in [-0.4, -0.2) is 70.6 Å². The second kappa shape index (κ2) is 13.4. The zero-order chi connectivity index (χ0) is 36.1. The molecule has 10 nitrogen and oxygen atoms in total. The Kier molecular flexibility index (Phi) is 8.76. The van der Waals surface area contributed by atoms with Crippen molar-refractivity contribution in [3.05, 3.63) is 119 Å². The van der Waals surface area contributed by atoms with E-state index in [-0.39, 0.29) is 46.6 Å². The van der Waals surface area contributed by atoms with Crippen molar-refractivity contribution < 1.29 is 27.1 Å². The number of H-pyrrole nitrogens is 1. The Morgan fingerprint density at radius 1 is 0.942 bits per heavy atom. The van der Waals surface area contributed by atoms with E-state index in [4.69, 9.17) is 26.8 Å². The number of ketones is 1. The number of nitrogens with two attached hydrogens (primary N) is 1. The fraction of sp³-hybridized carbons (Fsp3) is 0.231. The first-order valence-corrected chi connectivity index (χ1v) is 19.2. The minimum Gasteiger partial charge on any atom is -0.490 e. The number of hydrogen-bond acceptors (Lipinski definition) is 8. The Morgan fingerprint density at radius 2 is 1.69 bits per heavy atom. The molecule has 0 unspecified atom stereocenters. The second-order valence-corrected chi connectivity index (χ2v) is 15.9. The van der Waals surface area contributed by atoms with Crippen LogP contribution in [0.2, 0.25) is 5.02 Å². The first kappa shape index (κ1) is 33.9. The second-order valence-electron chi connectivity index (χ2n) is 13.3. The van der Waals surface area contributed by atoms with Gasteiger partial charge in [-0.15, -0.1) is 0 Å². The molecule has 0 radical (unpaired) electrons. The van der Waals surface area contributed by atoms with Crippen LogP contribution in [0.4, 0.5) is 10.2 Å². The minimum atomic E-state index is -2.89. The smallest absolute Gasteiger partial charge is 0.214 e. The number of rotatable bonds is 9. The Bertz CT molecular complexity index is 2440. The summed E-state index contributed by atoms with van der Waals surface area (Å²) in [5, 5.41) is 5.76. The number of nitrogens with zero attached hydrogens (tertiary/aromatic N) is 3. The summed E-state index contributed by atoms with van der Waals surface area (Å²) in [6, 6.07) is 24.7. The summed E-state index contributed by atoms with van der Waals surface area (Å²) in [4.78, 5) is 19.4. The molecule has 0 amide bonds. The number of nitrogens with one attached hydrogen (secondary N) is 1. The Morgan fingerprint density at radius 3 is 2.42 bits per heavy atom. The zero-order valence-electron chi connectivity index (χ0n) is 28.2. The number of aromatic amines is 1. The highest BCUT2D eigenvalue weighted by Crippen LogP contribution is 2.40. The SMILES string of the molecule is Cc1cc(-n2ncc(C(=O)c3cc4cc(OC5CCN(C6CS(=O)(=O)C6)CC5)c(-c5ccccc5Cl)cc4[nH]3)c2N)ccc1Oc1ccccc1F. The normalized spacial score (nSPS) is 16.5. The van der Waals surface area contributed by atoms with Gasteiger partial charge in [-0.1, -0.05) is 41.9 Å². The van der Waals surface area contributed by atoms with Crippen LogP contribution < -0.4 is 15.2 Å². The van der Waals surface area contributed by atoms with E-state index in [0.717, 1.165) is 53.5 Å². The van der Waals surface area contributed by atoms with E-state index >= 15 is 0 Å². The van der Waals surface area contributed by atoms with Gasteiger partial charge in [0.05, 0.1) is 34.6 Å². The van der Waals surface area contributed by atoms with E-state index < -0.39 is 15.7 Å². The van der Waals surface area contributed by atoms with E-state index in [2.05, 4.69) is 15.0 Å². The molecule has 0 aliphatic carbocycles. The summed E-state index contributed by atoms with van der Waals surface area (Å²) >= 11 is 6.67. The van der Waals surface area contributed by atoms with Crippen LogP contribution in [0.25, 0.3) is 27.7 Å². The third-order valence-corrected chi connectivity index (χ3v) is 11.9. The van der Waals surface area contributed by atoms with Crippen LogP contribution in [0, 0.1) is 12.7 Å². The average molecular weight is 740 g/mol. The molecule has 6 aromatic rings. The molecule has 2 aromatic heterocycles. The van der Waals surface area contributed by atoms with Crippen LogP contribution in [0.3, 0.4) is 0 Å². The molecule has 4 aromatic carbocycles. The molecule has 0 atom stereocenters. The van der Waals surface area contributed by atoms with E-state index in [1.807, 2.05) is 43.3 Å². The summed E-state index contributed by atoms with van der Waals surface area (Å²) in [5.41, 5.74) is 10.7. The molecule has 4 heterocycles. The Labute approximate surface area is 304 Å². The summed E-state index contributed by atoms with van der Waals surface area (Å²) in [7, 11) is -2.89. The number of piperidine rings is 1. The van der Waals surface area contributed by atoms with Crippen LogP contribution in [-0.2, 0) is 9.84 Å². The zero-order valence-corrected chi connectivity index (χ0v) is 29.8. The van der Waals surface area contributed by atoms with Crippen LogP contribution in [0.1, 0.15) is 34.5 Å². The summed E-state index contributed by atoms with van der Waals surface area (Å²) < 4.78 is 51.5. The van der Waals surface area contributed by atoms with Crippen molar-refractivity contribution in [1.29, 1.82) is 0 Å². The predicted octanol–water partition coefficient (Wildman–Crippen LogP) is 7.37. The van der Waals surface area contributed by atoms with E-state index in [9.17, 15) is 17.6 Å². The van der Waals surface area contributed by atoms with Crippen LogP contribution in [0.15, 0.2) is 91.1 Å². The number of nitrogen functional groups attached to an aromatic ring is 1. The number of para-hydroxylation sites is 1.